The molecule has 0 aliphatic heterocycles. The number of rotatable bonds is 4. The quantitative estimate of drug-likeness (QED) is 0.896. The molecule has 3 nitrogen and oxygen atoms in total. The number of hydrogen-bond acceptors (Lipinski definition) is 2. The molecule has 0 saturated carbocycles. The van der Waals surface area contributed by atoms with Gasteiger partial charge in [0, 0.05) is 18.5 Å². The minimum atomic E-state index is -0.336. The molecule has 0 spiro atoms. The Morgan fingerprint density at radius 1 is 1.53 bits per heavy atom. The van der Waals surface area contributed by atoms with Crippen molar-refractivity contribution in [2.45, 2.75) is 26.4 Å². The Bertz CT molecular complexity index is 409. The summed E-state index contributed by atoms with van der Waals surface area (Å²) in [6, 6.07) is 4.56. The molecule has 0 heterocycles. The van der Waals surface area contributed by atoms with Crippen LogP contribution >= 0.6 is 15.9 Å². The van der Waals surface area contributed by atoms with E-state index in [4.69, 9.17) is 5.73 Å². The van der Waals surface area contributed by atoms with Crippen LogP contribution < -0.4 is 11.1 Å². The van der Waals surface area contributed by atoms with Crippen LogP contribution in [0.1, 0.15) is 19.4 Å². The Morgan fingerprint density at radius 3 is 2.71 bits per heavy atom. The number of carbonyl (C=O) groups is 1. The molecule has 0 bridgehead atoms. The second kappa shape index (κ2) is 6.12. The van der Waals surface area contributed by atoms with Crippen LogP contribution in [0.5, 0.6) is 0 Å². The maximum atomic E-state index is 13.2. The fraction of sp³-hybridized carbons (Fsp3) is 0.417. The summed E-state index contributed by atoms with van der Waals surface area (Å²) in [5, 5.41) is 2.73. The van der Waals surface area contributed by atoms with Gasteiger partial charge in [0.2, 0.25) is 5.91 Å². The number of hydrogen-bond donors (Lipinski definition) is 2. The van der Waals surface area contributed by atoms with Crippen LogP contribution in [0.4, 0.5) is 4.39 Å². The van der Waals surface area contributed by atoms with Crippen LogP contribution in [0.25, 0.3) is 0 Å². The summed E-state index contributed by atoms with van der Waals surface area (Å²) in [4.78, 5) is 11.6. The van der Waals surface area contributed by atoms with E-state index in [2.05, 4.69) is 21.2 Å². The minimum Gasteiger partial charge on any atom is -0.352 e. The summed E-state index contributed by atoms with van der Waals surface area (Å²) < 4.78 is 13.6. The van der Waals surface area contributed by atoms with Gasteiger partial charge < -0.3 is 11.1 Å². The first kappa shape index (κ1) is 14.1. The molecule has 0 aliphatic carbocycles. The van der Waals surface area contributed by atoms with Gasteiger partial charge in [-0.1, -0.05) is 13.0 Å². The van der Waals surface area contributed by atoms with Gasteiger partial charge in [0.25, 0.3) is 0 Å². The lowest BCUT2D eigenvalue weighted by Crippen LogP contribution is -2.38. The summed E-state index contributed by atoms with van der Waals surface area (Å²) in [6.07, 6.45) is 0. The van der Waals surface area contributed by atoms with E-state index in [1.54, 1.807) is 26.0 Å². The first-order valence-corrected chi connectivity index (χ1v) is 6.18. The minimum absolute atomic E-state index is 0.122. The highest BCUT2D eigenvalue weighted by atomic mass is 79.9. The van der Waals surface area contributed by atoms with E-state index < -0.39 is 0 Å². The molecular weight excluding hydrogens is 287 g/mol. The molecule has 1 aromatic rings. The van der Waals surface area contributed by atoms with E-state index in [0.29, 0.717) is 11.0 Å². The molecule has 0 saturated heterocycles. The third-order valence-electron chi connectivity index (χ3n) is 2.65. The van der Waals surface area contributed by atoms with E-state index in [-0.39, 0.29) is 23.7 Å². The van der Waals surface area contributed by atoms with Gasteiger partial charge in [0.05, 0.1) is 4.47 Å². The fourth-order valence-electron chi connectivity index (χ4n) is 1.24. The maximum absolute atomic E-state index is 13.2. The molecule has 2 atom stereocenters. The van der Waals surface area contributed by atoms with Crippen molar-refractivity contribution in [2.24, 2.45) is 11.7 Å². The average molecular weight is 303 g/mol. The predicted octanol–water partition coefficient (Wildman–Crippen LogP) is 2.19. The molecule has 3 N–H and O–H groups in total. The van der Waals surface area contributed by atoms with Crippen molar-refractivity contribution in [3.63, 3.8) is 0 Å². The lowest BCUT2D eigenvalue weighted by molar-refractivity contribution is -0.125. The number of amides is 1. The highest BCUT2D eigenvalue weighted by Crippen LogP contribution is 2.16. The molecule has 94 valence electrons. The first-order chi connectivity index (χ1) is 7.91. The van der Waals surface area contributed by atoms with Crippen LogP contribution in [0.2, 0.25) is 0 Å². The highest BCUT2D eigenvalue weighted by molar-refractivity contribution is 9.10. The van der Waals surface area contributed by atoms with E-state index in [0.717, 1.165) is 5.56 Å². The maximum Gasteiger partial charge on any atom is 0.224 e. The molecule has 0 aromatic heterocycles. The summed E-state index contributed by atoms with van der Waals surface area (Å²) in [6.45, 7) is 3.85. The Balaban J connectivity index is 2.56. The van der Waals surface area contributed by atoms with Crippen molar-refractivity contribution < 1.29 is 9.18 Å². The normalized spacial score (nSPS) is 14.2. The summed E-state index contributed by atoms with van der Waals surface area (Å²) in [5.74, 6) is -0.712. The van der Waals surface area contributed by atoms with Gasteiger partial charge in [0.1, 0.15) is 5.82 Å². The SMILES string of the molecule is CC(N)C(C)C(=O)NCc1ccc(Br)c(F)c1. The van der Waals surface area contributed by atoms with E-state index in [9.17, 15) is 9.18 Å². The largest absolute Gasteiger partial charge is 0.352 e. The number of nitrogens with two attached hydrogens (primary N) is 1. The predicted molar refractivity (Wildman–Crippen MR) is 68.8 cm³/mol. The Labute approximate surface area is 109 Å². The molecule has 1 aromatic carbocycles. The molecule has 5 heteroatoms. The van der Waals surface area contributed by atoms with Gasteiger partial charge >= 0.3 is 0 Å². The highest BCUT2D eigenvalue weighted by Gasteiger charge is 2.16. The van der Waals surface area contributed by atoms with Crippen LogP contribution in [0.3, 0.4) is 0 Å². The third-order valence-corrected chi connectivity index (χ3v) is 3.30. The molecule has 0 radical (unpaired) electrons. The van der Waals surface area contributed by atoms with Crippen molar-refractivity contribution in [3.05, 3.63) is 34.1 Å². The van der Waals surface area contributed by atoms with Crippen molar-refractivity contribution in [3.8, 4) is 0 Å². The summed E-state index contributed by atoms with van der Waals surface area (Å²) >= 11 is 3.07. The number of halogens is 2. The molecule has 1 amide bonds. The smallest absolute Gasteiger partial charge is 0.224 e. The van der Waals surface area contributed by atoms with Crippen LogP contribution in [-0.4, -0.2) is 11.9 Å². The Hall–Kier alpha value is -0.940. The number of nitrogens with one attached hydrogen (secondary N) is 1. The Kier molecular flexibility index (Phi) is 5.08. The van der Waals surface area contributed by atoms with Gasteiger partial charge in [-0.25, -0.2) is 4.39 Å². The summed E-state index contributed by atoms with van der Waals surface area (Å²) in [7, 11) is 0. The summed E-state index contributed by atoms with van der Waals surface area (Å²) in [5.41, 5.74) is 6.34. The van der Waals surface area contributed by atoms with Crippen LogP contribution in [0, 0.1) is 11.7 Å². The van der Waals surface area contributed by atoms with Crippen molar-refractivity contribution in [1.29, 1.82) is 0 Å². The molecule has 1 rings (SSSR count). The van der Waals surface area contributed by atoms with E-state index >= 15 is 0 Å². The lowest BCUT2D eigenvalue weighted by atomic mass is 10.0. The first-order valence-electron chi connectivity index (χ1n) is 5.39. The molecule has 0 aliphatic rings. The lowest BCUT2D eigenvalue weighted by Gasteiger charge is -2.15. The van der Waals surface area contributed by atoms with Crippen molar-refractivity contribution >= 4 is 21.8 Å². The third kappa shape index (κ3) is 4.09. The number of benzene rings is 1. The fourth-order valence-corrected chi connectivity index (χ4v) is 1.49. The second-order valence-electron chi connectivity index (χ2n) is 4.11. The van der Waals surface area contributed by atoms with Gasteiger partial charge in [-0.05, 0) is 40.5 Å². The number of carbonyl (C=O) groups excluding carboxylic acids is 1. The second-order valence-corrected chi connectivity index (χ2v) is 4.97. The standard InChI is InChI=1S/C12H16BrFN2O/c1-7(8(2)15)12(17)16-6-9-3-4-10(13)11(14)5-9/h3-5,7-8H,6,15H2,1-2H3,(H,16,17). The van der Waals surface area contributed by atoms with Crippen LogP contribution in [-0.2, 0) is 11.3 Å². The van der Waals surface area contributed by atoms with Gasteiger partial charge in [0.15, 0.2) is 0 Å². The zero-order chi connectivity index (χ0) is 13.0. The van der Waals surface area contributed by atoms with E-state index in [1.165, 1.54) is 6.07 Å². The van der Waals surface area contributed by atoms with E-state index in [1.807, 2.05) is 0 Å². The molecular formula is C12H16BrFN2O. The Morgan fingerprint density at radius 2 is 2.18 bits per heavy atom. The average Bonchev–Trinajstić information content (AvgIpc) is 2.29. The zero-order valence-corrected chi connectivity index (χ0v) is 11.4. The zero-order valence-electron chi connectivity index (χ0n) is 9.84. The van der Waals surface area contributed by atoms with Gasteiger partial charge in [-0.15, -0.1) is 0 Å². The van der Waals surface area contributed by atoms with Gasteiger partial charge in [-0.3, -0.25) is 4.79 Å². The van der Waals surface area contributed by atoms with Gasteiger partial charge in [-0.2, -0.15) is 0 Å². The monoisotopic (exact) mass is 302 g/mol. The molecule has 17 heavy (non-hydrogen) atoms. The molecule has 0 fully saturated rings. The van der Waals surface area contributed by atoms with Crippen molar-refractivity contribution in [2.75, 3.05) is 0 Å². The molecule has 2 unspecified atom stereocenters. The van der Waals surface area contributed by atoms with Crippen LogP contribution in [0.15, 0.2) is 22.7 Å². The topological polar surface area (TPSA) is 55.1 Å². The van der Waals surface area contributed by atoms with Crippen molar-refractivity contribution in [1.82, 2.24) is 5.32 Å².